The molecule has 0 radical (unpaired) electrons. The van der Waals surface area contributed by atoms with Crippen LogP contribution in [0.1, 0.15) is 18.0 Å². The Kier molecular flexibility index (Phi) is 3.89. The second-order valence-electron chi connectivity index (χ2n) is 5.42. The smallest absolute Gasteiger partial charge is 0.236 e. The summed E-state index contributed by atoms with van der Waals surface area (Å²) in [5, 5.41) is 12.3. The highest BCUT2D eigenvalue weighted by molar-refractivity contribution is 5.78. The van der Waals surface area contributed by atoms with Gasteiger partial charge in [0.25, 0.3) is 0 Å². The monoisotopic (exact) mass is 293 g/mol. The van der Waals surface area contributed by atoms with Gasteiger partial charge in [-0.1, -0.05) is 0 Å². The van der Waals surface area contributed by atoms with Crippen LogP contribution in [0.4, 0.5) is 11.8 Å². The van der Waals surface area contributed by atoms with Crippen molar-refractivity contribution in [2.45, 2.75) is 18.4 Å². The molecule has 0 bridgehead atoms. The van der Waals surface area contributed by atoms with Gasteiger partial charge in [0.1, 0.15) is 5.82 Å². The normalized spacial score (nSPS) is 22.1. The topological polar surface area (TPSA) is 114 Å². The molecule has 114 valence electrons. The molecule has 0 spiro atoms. The van der Waals surface area contributed by atoms with Crippen LogP contribution in [-0.4, -0.2) is 59.9 Å². The van der Waals surface area contributed by atoms with Gasteiger partial charge in [-0.15, -0.1) is 0 Å². The van der Waals surface area contributed by atoms with E-state index in [1.54, 1.807) is 0 Å². The summed E-state index contributed by atoms with van der Waals surface area (Å²) < 4.78 is 5.40. The van der Waals surface area contributed by atoms with Crippen molar-refractivity contribution in [1.29, 1.82) is 0 Å². The summed E-state index contributed by atoms with van der Waals surface area (Å²) in [6.45, 7) is 2.46. The molecular formula is C13H19N5O3. The van der Waals surface area contributed by atoms with Crippen LogP contribution in [0, 0.1) is 0 Å². The molecule has 1 aromatic rings. The van der Waals surface area contributed by atoms with E-state index in [1.807, 2.05) is 11.0 Å². The molecule has 3 rings (SSSR count). The Morgan fingerprint density at radius 2 is 2.33 bits per heavy atom. The molecule has 2 aliphatic rings. The average Bonchev–Trinajstić information content (AvgIpc) is 2.95. The number of aliphatic hydroxyl groups excluding tert-OH is 1. The Bertz CT molecular complexity index is 527. The molecular weight excluding hydrogens is 274 g/mol. The maximum Gasteiger partial charge on any atom is 0.236 e. The van der Waals surface area contributed by atoms with E-state index in [-0.39, 0.29) is 18.6 Å². The molecule has 8 heteroatoms. The van der Waals surface area contributed by atoms with Gasteiger partial charge in [-0.3, -0.25) is 4.79 Å². The molecule has 0 aliphatic carbocycles. The number of rotatable bonds is 5. The minimum absolute atomic E-state index is 0.0275. The fourth-order valence-electron chi connectivity index (χ4n) is 2.46. The van der Waals surface area contributed by atoms with Gasteiger partial charge >= 0.3 is 0 Å². The quantitative estimate of drug-likeness (QED) is 0.642. The number of nitrogens with two attached hydrogens (primary N) is 1. The first-order chi connectivity index (χ1) is 10.1. The zero-order valence-corrected chi connectivity index (χ0v) is 11.7. The lowest BCUT2D eigenvalue weighted by atomic mass is 10.0. The van der Waals surface area contributed by atoms with Crippen LogP contribution < -0.4 is 16.0 Å². The van der Waals surface area contributed by atoms with Gasteiger partial charge in [0.05, 0.1) is 24.9 Å². The SMILES string of the molecule is NC(=O)CNc1cc([C@H]2CCOC2)nc(N2CC(O)C2)n1. The minimum atomic E-state index is -0.444. The zero-order valence-electron chi connectivity index (χ0n) is 11.7. The Labute approximate surface area is 122 Å². The van der Waals surface area contributed by atoms with Crippen molar-refractivity contribution in [3.05, 3.63) is 11.8 Å². The van der Waals surface area contributed by atoms with Crippen molar-refractivity contribution < 1.29 is 14.6 Å². The molecule has 2 aliphatic heterocycles. The Balaban J connectivity index is 1.82. The zero-order chi connectivity index (χ0) is 14.8. The minimum Gasteiger partial charge on any atom is -0.389 e. The van der Waals surface area contributed by atoms with E-state index in [0.29, 0.717) is 31.5 Å². The summed E-state index contributed by atoms with van der Waals surface area (Å²) in [4.78, 5) is 21.7. The van der Waals surface area contributed by atoms with Crippen molar-refractivity contribution in [3.63, 3.8) is 0 Å². The largest absolute Gasteiger partial charge is 0.389 e. The fraction of sp³-hybridized carbons (Fsp3) is 0.615. The summed E-state index contributed by atoms with van der Waals surface area (Å²) in [5.74, 6) is 0.936. The van der Waals surface area contributed by atoms with Gasteiger partial charge in [-0.25, -0.2) is 4.98 Å². The van der Waals surface area contributed by atoms with Crippen molar-refractivity contribution in [1.82, 2.24) is 9.97 Å². The van der Waals surface area contributed by atoms with Crippen LogP contribution in [0.15, 0.2) is 6.07 Å². The fourth-order valence-corrected chi connectivity index (χ4v) is 2.46. The van der Waals surface area contributed by atoms with Gasteiger partial charge < -0.3 is 25.8 Å². The van der Waals surface area contributed by atoms with Crippen LogP contribution in [0.5, 0.6) is 0 Å². The van der Waals surface area contributed by atoms with Gasteiger partial charge in [0.15, 0.2) is 0 Å². The number of ether oxygens (including phenoxy) is 1. The van der Waals surface area contributed by atoms with Crippen LogP contribution in [-0.2, 0) is 9.53 Å². The second kappa shape index (κ2) is 5.82. The number of carbonyl (C=O) groups is 1. The molecule has 2 fully saturated rings. The van der Waals surface area contributed by atoms with Crippen LogP contribution in [0.25, 0.3) is 0 Å². The second-order valence-corrected chi connectivity index (χ2v) is 5.42. The average molecular weight is 293 g/mol. The summed E-state index contributed by atoms with van der Waals surface area (Å²) in [7, 11) is 0. The molecule has 8 nitrogen and oxygen atoms in total. The summed E-state index contributed by atoms with van der Waals surface area (Å²) in [6, 6.07) is 1.84. The molecule has 4 N–H and O–H groups in total. The lowest BCUT2D eigenvalue weighted by Crippen LogP contribution is -2.51. The number of hydrogen-bond acceptors (Lipinski definition) is 7. The van der Waals surface area contributed by atoms with Gasteiger partial charge in [-0.2, -0.15) is 4.98 Å². The molecule has 0 aromatic carbocycles. The van der Waals surface area contributed by atoms with E-state index in [0.717, 1.165) is 18.7 Å². The van der Waals surface area contributed by atoms with Crippen molar-refractivity contribution in [2.24, 2.45) is 5.73 Å². The number of nitrogens with one attached hydrogen (secondary N) is 1. The third-order valence-electron chi connectivity index (χ3n) is 3.67. The number of aromatic nitrogens is 2. The highest BCUT2D eigenvalue weighted by Gasteiger charge is 2.28. The summed E-state index contributed by atoms with van der Waals surface area (Å²) in [5.41, 5.74) is 6.04. The van der Waals surface area contributed by atoms with Crippen LogP contribution in [0.3, 0.4) is 0 Å². The van der Waals surface area contributed by atoms with E-state index in [9.17, 15) is 9.90 Å². The van der Waals surface area contributed by atoms with E-state index in [4.69, 9.17) is 10.5 Å². The van der Waals surface area contributed by atoms with E-state index < -0.39 is 5.91 Å². The number of hydrogen-bond donors (Lipinski definition) is 3. The van der Waals surface area contributed by atoms with E-state index in [2.05, 4.69) is 15.3 Å². The van der Waals surface area contributed by atoms with Crippen molar-refractivity contribution in [2.75, 3.05) is 43.1 Å². The van der Waals surface area contributed by atoms with Gasteiger partial charge in [-0.05, 0) is 6.42 Å². The Hall–Kier alpha value is -1.93. The van der Waals surface area contributed by atoms with Gasteiger partial charge in [0.2, 0.25) is 11.9 Å². The lowest BCUT2D eigenvalue weighted by molar-refractivity contribution is -0.116. The van der Waals surface area contributed by atoms with Crippen LogP contribution >= 0.6 is 0 Å². The molecule has 1 amide bonds. The molecule has 1 aromatic heterocycles. The number of β-amino-alcohol motifs (C(OH)–C–C–N with tert-alkyl or cyclic N) is 1. The standard InChI is InChI=1S/C13H19N5O3/c14-11(20)4-15-12-3-10(8-1-2-21-7-8)16-13(17-12)18-5-9(19)6-18/h3,8-9,19H,1-2,4-7H2,(H2,14,20)(H,15,16,17)/t8-/m0/s1. The molecule has 3 heterocycles. The first kappa shape index (κ1) is 14.0. The summed E-state index contributed by atoms with van der Waals surface area (Å²) >= 11 is 0. The molecule has 21 heavy (non-hydrogen) atoms. The Morgan fingerprint density at radius 1 is 1.52 bits per heavy atom. The number of aliphatic hydroxyl groups is 1. The van der Waals surface area contributed by atoms with E-state index in [1.165, 1.54) is 0 Å². The number of carbonyl (C=O) groups excluding carboxylic acids is 1. The first-order valence-electron chi connectivity index (χ1n) is 7.03. The lowest BCUT2D eigenvalue weighted by Gasteiger charge is -2.36. The third kappa shape index (κ3) is 3.22. The predicted molar refractivity (Wildman–Crippen MR) is 76.1 cm³/mol. The highest BCUT2D eigenvalue weighted by atomic mass is 16.5. The highest BCUT2D eigenvalue weighted by Crippen LogP contribution is 2.28. The number of amides is 1. The maximum atomic E-state index is 10.9. The molecule has 0 unspecified atom stereocenters. The Morgan fingerprint density at radius 3 is 2.95 bits per heavy atom. The van der Waals surface area contributed by atoms with Crippen molar-refractivity contribution in [3.8, 4) is 0 Å². The number of nitrogens with zero attached hydrogens (tertiary/aromatic N) is 3. The molecule has 2 saturated heterocycles. The molecule has 0 saturated carbocycles. The third-order valence-corrected chi connectivity index (χ3v) is 3.67. The first-order valence-corrected chi connectivity index (χ1v) is 7.03. The van der Waals surface area contributed by atoms with Crippen molar-refractivity contribution >= 4 is 17.7 Å². The van der Waals surface area contributed by atoms with Gasteiger partial charge in [0, 0.05) is 31.7 Å². The van der Waals surface area contributed by atoms with E-state index >= 15 is 0 Å². The maximum absolute atomic E-state index is 10.9. The number of primary amides is 1. The van der Waals surface area contributed by atoms with Crippen LogP contribution in [0.2, 0.25) is 0 Å². The number of anilines is 2. The molecule has 1 atom stereocenters. The summed E-state index contributed by atoms with van der Waals surface area (Å²) in [6.07, 6.45) is 0.600. The predicted octanol–water partition coefficient (Wildman–Crippen LogP) is -0.941.